The van der Waals surface area contributed by atoms with Gasteiger partial charge in [0.05, 0.1) is 12.7 Å². The molecule has 6 heteroatoms. The number of methoxy groups -OCH3 is 1. The molecule has 0 spiro atoms. The zero-order chi connectivity index (χ0) is 19.9. The Hall–Kier alpha value is -3.02. The van der Waals surface area contributed by atoms with Crippen molar-refractivity contribution in [2.45, 2.75) is 33.0 Å². The van der Waals surface area contributed by atoms with Crippen molar-refractivity contribution in [3.05, 3.63) is 59.7 Å². The highest BCUT2D eigenvalue weighted by atomic mass is 16.6. The fourth-order valence-electron chi connectivity index (χ4n) is 2.23. The van der Waals surface area contributed by atoms with E-state index in [1.807, 2.05) is 30.3 Å². The maximum absolute atomic E-state index is 12.2. The van der Waals surface area contributed by atoms with Gasteiger partial charge in [0, 0.05) is 0 Å². The molecule has 0 fully saturated rings. The molecule has 0 aliphatic carbocycles. The molecular weight excluding hydrogens is 348 g/mol. The van der Waals surface area contributed by atoms with Gasteiger partial charge < -0.3 is 18.9 Å². The molecule has 0 bridgehead atoms. The van der Waals surface area contributed by atoms with Gasteiger partial charge in [0.25, 0.3) is 0 Å². The fourth-order valence-corrected chi connectivity index (χ4v) is 2.23. The van der Waals surface area contributed by atoms with Crippen molar-refractivity contribution in [1.29, 1.82) is 0 Å². The summed E-state index contributed by atoms with van der Waals surface area (Å²) in [6.07, 6.45) is 0. The minimum atomic E-state index is -0.586. The van der Waals surface area contributed by atoms with Crippen molar-refractivity contribution < 1.29 is 28.5 Å². The Bertz CT molecular complexity index is 777. The van der Waals surface area contributed by atoms with Crippen LogP contribution in [0.5, 0.6) is 11.5 Å². The molecular formula is C21H24O6. The first kappa shape index (κ1) is 20.3. The second-order valence-corrected chi connectivity index (χ2v) is 6.80. The summed E-state index contributed by atoms with van der Waals surface area (Å²) >= 11 is 0. The number of esters is 2. The molecule has 2 aromatic rings. The van der Waals surface area contributed by atoms with Crippen LogP contribution in [0.15, 0.2) is 48.5 Å². The summed E-state index contributed by atoms with van der Waals surface area (Å²) < 4.78 is 21.2. The van der Waals surface area contributed by atoms with E-state index >= 15 is 0 Å². The Morgan fingerprint density at radius 3 is 2.30 bits per heavy atom. The lowest BCUT2D eigenvalue weighted by atomic mass is 10.2. The summed E-state index contributed by atoms with van der Waals surface area (Å²) in [5, 5.41) is 0. The van der Waals surface area contributed by atoms with Crippen LogP contribution in [0.4, 0.5) is 0 Å². The second-order valence-electron chi connectivity index (χ2n) is 6.80. The van der Waals surface area contributed by atoms with E-state index in [9.17, 15) is 9.59 Å². The summed E-state index contributed by atoms with van der Waals surface area (Å²) in [5.74, 6) is -0.303. The van der Waals surface area contributed by atoms with Gasteiger partial charge in [-0.15, -0.1) is 0 Å². The predicted octanol–water partition coefficient (Wildman–Crippen LogP) is 3.77. The zero-order valence-corrected chi connectivity index (χ0v) is 16.0. The van der Waals surface area contributed by atoms with Gasteiger partial charge in [-0.25, -0.2) is 9.59 Å². The monoisotopic (exact) mass is 372 g/mol. The number of benzene rings is 2. The molecule has 0 aromatic heterocycles. The van der Waals surface area contributed by atoms with Crippen LogP contribution in [0.3, 0.4) is 0 Å². The van der Waals surface area contributed by atoms with E-state index in [0.717, 1.165) is 5.56 Å². The van der Waals surface area contributed by atoms with Gasteiger partial charge in [0.1, 0.15) is 12.2 Å². The third kappa shape index (κ3) is 6.66. The van der Waals surface area contributed by atoms with Crippen LogP contribution < -0.4 is 9.47 Å². The highest BCUT2D eigenvalue weighted by Crippen LogP contribution is 2.28. The molecule has 0 N–H and O–H groups in total. The van der Waals surface area contributed by atoms with Crippen molar-refractivity contribution in [2.24, 2.45) is 0 Å². The summed E-state index contributed by atoms with van der Waals surface area (Å²) in [4.78, 5) is 24.0. The largest absolute Gasteiger partial charge is 0.493 e. The quantitative estimate of drug-likeness (QED) is 0.689. The van der Waals surface area contributed by atoms with Gasteiger partial charge in [-0.1, -0.05) is 30.3 Å². The SMILES string of the molecule is COc1cc(C(=O)OCc2ccccc2)ccc1OCC(=O)OC(C)(C)C. The maximum Gasteiger partial charge on any atom is 0.344 e. The maximum atomic E-state index is 12.2. The molecule has 0 aliphatic rings. The van der Waals surface area contributed by atoms with Crippen LogP contribution in [-0.2, 0) is 20.9 Å². The first-order valence-corrected chi connectivity index (χ1v) is 8.52. The first-order chi connectivity index (χ1) is 12.8. The van der Waals surface area contributed by atoms with Gasteiger partial charge in [0.2, 0.25) is 0 Å². The normalized spacial score (nSPS) is 10.8. The Balaban J connectivity index is 1.98. The van der Waals surface area contributed by atoms with E-state index in [1.54, 1.807) is 32.9 Å². The molecule has 0 heterocycles. The highest BCUT2D eigenvalue weighted by Gasteiger charge is 2.18. The molecule has 2 rings (SSSR count). The van der Waals surface area contributed by atoms with E-state index in [-0.39, 0.29) is 13.2 Å². The minimum Gasteiger partial charge on any atom is -0.493 e. The van der Waals surface area contributed by atoms with Crippen molar-refractivity contribution >= 4 is 11.9 Å². The smallest absolute Gasteiger partial charge is 0.344 e. The molecule has 0 amide bonds. The molecule has 0 saturated heterocycles. The van der Waals surface area contributed by atoms with E-state index in [4.69, 9.17) is 18.9 Å². The lowest BCUT2D eigenvalue weighted by molar-refractivity contribution is -0.157. The average Bonchev–Trinajstić information content (AvgIpc) is 2.63. The van der Waals surface area contributed by atoms with Gasteiger partial charge in [-0.05, 0) is 44.5 Å². The summed E-state index contributed by atoms with van der Waals surface area (Å²) in [6, 6.07) is 14.0. The van der Waals surface area contributed by atoms with E-state index in [0.29, 0.717) is 17.1 Å². The number of rotatable bonds is 7. The second kappa shape index (κ2) is 9.07. The first-order valence-electron chi connectivity index (χ1n) is 8.52. The van der Waals surface area contributed by atoms with Crippen molar-refractivity contribution in [2.75, 3.05) is 13.7 Å². The Kier molecular flexibility index (Phi) is 6.82. The third-order valence-corrected chi connectivity index (χ3v) is 3.38. The Morgan fingerprint density at radius 1 is 0.963 bits per heavy atom. The van der Waals surface area contributed by atoms with Gasteiger partial charge >= 0.3 is 11.9 Å². The van der Waals surface area contributed by atoms with Crippen LogP contribution in [-0.4, -0.2) is 31.3 Å². The minimum absolute atomic E-state index is 0.179. The molecule has 0 radical (unpaired) electrons. The standard InChI is InChI=1S/C21H24O6/c1-21(2,3)27-19(22)14-25-17-11-10-16(12-18(17)24-4)20(23)26-13-15-8-6-5-7-9-15/h5-12H,13-14H2,1-4H3. The fraction of sp³-hybridized carbons (Fsp3) is 0.333. The van der Waals surface area contributed by atoms with E-state index in [1.165, 1.54) is 13.2 Å². The van der Waals surface area contributed by atoms with Crippen LogP contribution in [0, 0.1) is 0 Å². The van der Waals surface area contributed by atoms with Crippen LogP contribution in [0.2, 0.25) is 0 Å². The molecule has 0 atom stereocenters. The van der Waals surface area contributed by atoms with Crippen LogP contribution >= 0.6 is 0 Å². The molecule has 0 aliphatic heterocycles. The van der Waals surface area contributed by atoms with Crippen molar-refractivity contribution in [3.8, 4) is 11.5 Å². The average molecular weight is 372 g/mol. The number of carbonyl (C=O) groups excluding carboxylic acids is 2. The summed E-state index contributed by atoms with van der Waals surface area (Å²) in [5.41, 5.74) is 0.638. The predicted molar refractivity (Wildman–Crippen MR) is 99.9 cm³/mol. The Labute approximate surface area is 159 Å². The third-order valence-electron chi connectivity index (χ3n) is 3.38. The van der Waals surface area contributed by atoms with Crippen LogP contribution in [0.1, 0.15) is 36.7 Å². The topological polar surface area (TPSA) is 71.1 Å². The van der Waals surface area contributed by atoms with Crippen LogP contribution in [0.25, 0.3) is 0 Å². The lowest BCUT2D eigenvalue weighted by Gasteiger charge is -2.19. The van der Waals surface area contributed by atoms with E-state index < -0.39 is 17.5 Å². The molecule has 6 nitrogen and oxygen atoms in total. The summed E-state index contributed by atoms with van der Waals surface area (Å²) in [6.45, 7) is 5.26. The van der Waals surface area contributed by atoms with Gasteiger partial charge in [-0.2, -0.15) is 0 Å². The number of hydrogen-bond donors (Lipinski definition) is 0. The Morgan fingerprint density at radius 2 is 1.67 bits per heavy atom. The molecule has 144 valence electrons. The van der Waals surface area contributed by atoms with E-state index in [2.05, 4.69) is 0 Å². The summed E-state index contributed by atoms with van der Waals surface area (Å²) in [7, 11) is 1.45. The van der Waals surface area contributed by atoms with Gasteiger partial charge in [-0.3, -0.25) is 0 Å². The van der Waals surface area contributed by atoms with Crippen molar-refractivity contribution in [1.82, 2.24) is 0 Å². The molecule has 0 unspecified atom stereocenters. The number of hydrogen-bond acceptors (Lipinski definition) is 6. The molecule has 0 saturated carbocycles. The number of ether oxygens (including phenoxy) is 4. The van der Waals surface area contributed by atoms with Crippen molar-refractivity contribution in [3.63, 3.8) is 0 Å². The highest BCUT2D eigenvalue weighted by molar-refractivity contribution is 5.90. The van der Waals surface area contributed by atoms with Gasteiger partial charge in [0.15, 0.2) is 18.1 Å². The number of carbonyl (C=O) groups is 2. The zero-order valence-electron chi connectivity index (χ0n) is 16.0. The molecule has 27 heavy (non-hydrogen) atoms. The molecule has 2 aromatic carbocycles. The lowest BCUT2D eigenvalue weighted by Crippen LogP contribution is -2.27.